The van der Waals surface area contributed by atoms with E-state index < -0.39 is 0 Å². The molecule has 0 aliphatic carbocycles. The monoisotopic (exact) mass is 485 g/mol. The van der Waals surface area contributed by atoms with Crippen molar-refractivity contribution in [3.05, 3.63) is 42.4 Å². The molecule has 1 heterocycles. The minimum atomic E-state index is 0. The topological polar surface area (TPSA) is 74.3 Å². The Morgan fingerprint density at radius 3 is 2.70 bits per heavy atom. The quantitative estimate of drug-likeness (QED) is 0.207. The normalized spacial score (nSPS) is 11.3. The van der Waals surface area contributed by atoms with Crippen LogP contribution < -0.4 is 10.6 Å². The van der Waals surface area contributed by atoms with Crippen molar-refractivity contribution in [2.24, 2.45) is 10.9 Å². The molecule has 0 saturated heterocycles. The van der Waals surface area contributed by atoms with Gasteiger partial charge in [-0.1, -0.05) is 44.2 Å². The van der Waals surface area contributed by atoms with Gasteiger partial charge in [0.15, 0.2) is 5.96 Å². The van der Waals surface area contributed by atoms with Crippen molar-refractivity contribution in [1.82, 2.24) is 20.6 Å². The van der Waals surface area contributed by atoms with Crippen LogP contribution in [0.2, 0.25) is 0 Å². The summed E-state index contributed by atoms with van der Waals surface area (Å²) in [5.74, 6) is 2.23. The Labute approximate surface area is 179 Å². The fourth-order valence-electron chi connectivity index (χ4n) is 2.40. The van der Waals surface area contributed by atoms with Crippen LogP contribution in [0.25, 0.3) is 11.3 Å². The summed E-state index contributed by atoms with van der Waals surface area (Å²) in [6, 6.07) is 10.2. The van der Waals surface area contributed by atoms with Crippen molar-refractivity contribution < 1.29 is 4.74 Å². The van der Waals surface area contributed by atoms with E-state index in [2.05, 4.69) is 58.5 Å². The second-order valence-electron chi connectivity index (χ2n) is 6.55. The molecule has 1 aromatic heterocycles. The van der Waals surface area contributed by atoms with Crippen molar-refractivity contribution >= 4 is 29.9 Å². The fourth-order valence-corrected chi connectivity index (χ4v) is 2.40. The Morgan fingerprint density at radius 2 is 2.00 bits per heavy atom. The molecule has 0 atom stereocenters. The van der Waals surface area contributed by atoms with Crippen molar-refractivity contribution in [2.45, 2.75) is 33.7 Å². The van der Waals surface area contributed by atoms with E-state index in [9.17, 15) is 0 Å². The Morgan fingerprint density at radius 1 is 1.22 bits per heavy atom. The van der Waals surface area contributed by atoms with Crippen LogP contribution in [-0.2, 0) is 11.3 Å². The van der Waals surface area contributed by atoms with Crippen LogP contribution in [0.5, 0.6) is 0 Å². The van der Waals surface area contributed by atoms with E-state index in [-0.39, 0.29) is 24.0 Å². The first-order chi connectivity index (χ1) is 12.7. The molecule has 0 aliphatic rings. The molecule has 0 bridgehead atoms. The number of aromatic nitrogens is 2. The molecule has 0 spiro atoms. The molecule has 0 unspecified atom stereocenters. The molecular weight excluding hydrogens is 453 g/mol. The number of rotatable bonds is 10. The number of aliphatic imine (C=N–C) groups is 1. The smallest absolute Gasteiger partial charge is 0.191 e. The van der Waals surface area contributed by atoms with E-state index in [1.165, 1.54) is 0 Å². The minimum absolute atomic E-state index is 0. The van der Waals surface area contributed by atoms with Gasteiger partial charge in [-0.3, -0.25) is 0 Å². The highest BCUT2D eigenvalue weighted by atomic mass is 127. The van der Waals surface area contributed by atoms with E-state index in [4.69, 9.17) is 4.74 Å². The first-order valence-electron chi connectivity index (χ1n) is 9.38. The molecule has 0 fully saturated rings. The van der Waals surface area contributed by atoms with Gasteiger partial charge in [0, 0.05) is 26.3 Å². The summed E-state index contributed by atoms with van der Waals surface area (Å²) < 4.78 is 5.60. The second-order valence-corrected chi connectivity index (χ2v) is 6.55. The molecule has 7 heteroatoms. The zero-order chi connectivity index (χ0) is 18.6. The lowest BCUT2D eigenvalue weighted by Gasteiger charge is -2.11. The third-order valence-electron chi connectivity index (χ3n) is 3.65. The van der Waals surface area contributed by atoms with Gasteiger partial charge in [-0.25, -0.2) is 9.98 Å². The molecule has 6 nitrogen and oxygen atoms in total. The average molecular weight is 485 g/mol. The van der Waals surface area contributed by atoms with Crippen LogP contribution in [0, 0.1) is 5.92 Å². The van der Waals surface area contributed by atoms with Crippen LogP contribution in [0.1, 0.15) is 33.0 Å². The number of nitrogens with one attached hydrogen (secondary N) is 3. The van der Waals surface area contributed by atoms with Crippen molar-refractivity contribution in [3.63, 3.8) is 0 Å². The lowest BCUT2D eigenvalue weighted by atomic mass is 10.2. The SMILES string of the molecule is CCNC(=NCc1ncc(-c2ccccc2)[nH]1)NCCCOCC(C)C.I. The number of imidazole rings is 1. The molecule has 0 radical (unpaired) electrons. The highest BCUT2D eigenvalue weighted by Gasteiger charge is 2.03. The third-order valence-corrected chi connectivity index (χ3v) is 3.65. The van der Waals surface area contributed by atoms with Crippen LogP contribution in [0.15, 0.2) is 41.5 Å². The maximum absolute atomic E-state index is 5.60. The standard InChI is InChI=1S/C20H31N5O.HI/c1-4-21-20(22-11-8-12-26-15-16(2)3)24-14-19-23-13-18(25-19)17-9-6-5-7-10-17;/h5-7,9-10,13,16H,4,8,11-12,14-15H2,1-3H3,(H,23,25)(H2,21,22,24);1H. The summed E-state index contributed by atoms with van der Waals surface area (Å²) in [6.07, 6.45) is 2.81. The predicted octanol–water partition coefficient (Wildman–Crippen LogP) is 3.81. The second kappa shape index (κ2) is 13.5. The Balaban J connectivity index is 0.00000364. The van der Waals surface area contributed by atoms with Crippen LogP contribution in [0.4, 0.5) is 0 Å². The average Bonchev–Trinajstić information content (AvgIpc) is 3.12. The van der Waals surface area contributed by atoms with Gasteiger partial charge in [0.1, 0.15) is 12.4 Å². The molecule has 1 aromatic carbocycles. The number of hydrogen-bond acceptors (Lipinski definition) is 3. The number of aromatic amines is 1. The van der Waals surface area contributed by atoms with Gasteiger partial charge in [-0.05, 0) is 24.8 Å². The number of benzene rings is 1. The van der Waals surface area contributed by atoms with Gasteiger partial charge < -0.3 is 20.4 Å². The van der Waals surface area contributed by atoms with Crippen LogP contribution >= 0.6 is 24.0 Å². The summed E-state index contributed by atoms with van der Waals surface area (Å²) in [4.78, 5) is 12.3. The Kier molecular flexibility index (Phi) is 11.8. The summed E-state index contributed by atoms with van der Waals surface area (Å²) in [5, 5.41) is 6.59. The van der Waals surface area contributed by atoms with Crippen molar-refractivity contribution in [3.8, 4) is 11.3 Å². The maximum atomic E-state index is 5.60. The van der Waals surface area contributed by atoms with Crippen molar-refractivity contribution in [2.75, 3.05) is 26.3 Å². The molecule has 0 saturated carbocycles. The fraction of sp³-hybridized carbons (Fsp3) is 0.500. The van der Waals surface area contributed by atoms with E-state index >= 15 is 0 Å². The molecule has 150 valence electrons. The summed E-state index contributed by atoms with van der Waals surface area (Å²) in [5.41, 5.74) is 2.14. The van der Waals surface area contributed by atoms with Crippen LogP contribution in [0.3, 0.4) is 0 Å². The number of ether oxygens (including phenoxy) is 1. The predicted molar refractivity (Wildman–Crippen MR) is 123 cm³/mol. The number of guanidine groups is 1. The zero-order valence-corrected chi connectivity index (χ0v) is 18.8. The highest BCUT2D eigenvalue weighted by molar-refractivity contribution is 14.0. The highest BCUT2D eigenvalue weighted by Crippen LogP contribution is 2.16. The lowest BCUT2D eigenvalue weighted by molar-refractivity contribution is 0.108. The maximum Gasteiger partial charge on any atom is 0.191 e. The first-order valence-corrected chi connectivity index (χ1v) is 9.38. The van der Waals surface area contributed by atoms with E-state index in [0.29, 0.717) is 12.5 Å². The summed E-state index contributed by atoms with van der Waals surface area (Å²) in [7, 11) is 0. The molecule has 2 rings (SSSR count). The number of halogens is 1. The summed E-state index contributed by atoms with van der Waals surface area (Å²) in [6.45, 7) is 10.1. The Hall–Kier alpha value is -1.61. The molecule has 0 aliphatic heterocycles. The van der Waals surface area contributed by atoms with Crippen LogP contribution in [-0.4, -0.2) is 42.2 Å². The largest absolute Gasteiger partial charge is 0.381 e. The molecular formula is C20H32IN5O. The van der Waals surface area contributed by atoms with Gasteiger partial charge in [-0.15, -0.1) is 24.0 Å². The van der Waals surface area contributed by atoms with E-state index in [0.717, 1.165) is 55.8 Å². The molecule has 3 N–H and O–H groups in total. The summed E-state index contributed by atoms with van der Waals surface area (Å²) >= 11 is 0. The first kappa shape index (κ1) is 23.4. The van der Waals surface area contributed by atoms with Gasteiger partial charge >= 0.3 is 0 Å². The van der Waals surface area contributed by atoms with E-state index in [1.807, 2.05) is 24.4 Å². The van der Waals surface area contributed by atoms with Gasteiger partial charge in [0.05, 0.1) is 11.9 Å². The minimum Gasteiger partial charge on any atom is -0.381 e. The molecule has 0 amide bonds. The molecule has 27 heavy (non-hydrogen) atoms. The van der Waals surface area contributed by atoms with Crippen molar-refractivity contribution in [1.29, 1.82) is 0 Å². The van der Waals surface area contributed by atoms with Gasteiger partial charge in [-0.2, -0.15) is 0 Å². The van der Waals surface area contributed by atoms with Gasteiger partial charge in [0.25, 0.3) is 0 Å². The van der Waals surface area contributed by atoms with Gasteiger partial charge in [0.2, 0.25) is 0 Å². The lowest BCUT2D eigenvalue weighted by Crippen LogP contribution is -2.38. The molecule has 2 aromatic rings. The third kappa shape index (κ3) is 9.23. The number of nitrogens with zero attached hydrogens (tertiary/aromatic N) is 2. The number of H-pyrrole nitrogens is 1. The zero-order valence-electron chi connectivity index (χ0n) is 16.5. The Bertz CT molecular complexity index is 657. The number of hydrogen-bond donors (Lipinski definition) is 3. The van der Waals surface area contributed by atoms with E-state index in [1.54, 1.807) is 0 Å².